The molecule has 0 atom stereocenters. The minimum atomic E-state index is 1.13. The molecule has 0 bridgehead atoms. The third-order valence-electron chi connectivity index (χ3n) is 4.32. The summed E-state index contributed by atoms with van der Waals surface area (Å²) < 4.78 is 0. The monoisotopic (exact) mass is 296 g/mol. The summed E-state index contributed by atoms with van der Waals surface area (Å²) in [5, 5.41) is 4.00. The zero-order valence-electron chi connectivity index (χ0n) is 14.8. The van der Waals surface area contributed by atoms with Crippen molar-refractivity contribution in [2.75, 3.05) is 0 Å². The molecule has 0 fully saturated rings. The highest BCUT2D eigenvalue weighted by atomic mass is 15.1. The van der Waals surface area contributed by atoms with E-state index in [0.717, 1.165) is 12.8 Å². The van der Waals surface area contributed by atoms with E-state index in [4.69, 9.17) is 5.84 Å². The van der Waals surface area contributed by atoms with Crippen molar-refractivity contribution in [1.82, 2.24) is 0 Å². The normalized spacial score (nSPS) is 10.8. The van der Waals surface area contributed by atoms with Gasteiger partial charge in [-0.1, -0.05) is 90.9 Å². The van der Waals surface area contributed by atoms with Gasteiger partial charge in [-0.05, 0) is 25.7 Å². The second kappa shape index (κ2) is 17.5. The van der Waals surface area contributed by atoms with Gasteiger partial charge in [-0.25, -0.2) is 0 Å². The summed E-state index contributed by atoms with van der Waals surface area (Å²) in [5.74, 6) is 5.52. The van der Waals surface area contributed by atoms with Gasteiger partial charge in [0.05, 0.1) is 0 Å². The van der Waals surface area contributed by atoms with Gasteiger partial charge in [-0.15, -0.1) is 0 Å². The minimum Gasteiger partial charge on any atom is -0.323 e. The Kier molecular flexibility index (Phi) is 17.1. The predicted octanol–water partition coefficient (Wildman–Crippen LogP) is 6.58. The molecule has 0 saturated heterocycles. The number of hydrogen-bond donors (Lipinski definition) is 1. The van der Waals surface area contributed by atoms with Gasteiger partial charge in [0.2, 0.25) is 0 Å². The molecule has 0 aliphatic rings. The zero-order chi connectivity index (χ0) is 15.6. The van der Waals surface area contributed by atoms with Crippen LogP contribution in [-0.2, 0) is 0 Å². The van der Waals surface area contributed by atoms with Crippen LogP contribution in [0.4, 0.5) is 0 Å². The molecule has 2 N–H and O–H groups in total. The van der Waals surface area contributed by atoms with Crippen molar-refractivity contribution in [2.45, 2.75) is 117 Å². The van der Waals surface area contributed by atoms with Crippen molar-refractivity contribution in [3.63, 3.8) is 0 Å². The van der Waals surface area contributed by atoms with Crippen LogP contribution in [0.2, 0.25) is 0 Å². The topological polar surface area (TPSA) is 38.4 Å². The van der Waals surface area contributed by atoms with E-state index in [1.54, 1.807) is 0 Å². The molecule has 0 aromatic carbocycles. The van der Waals surface area contributed by atoms with Crippen LogP contribution in [0, 0.1) is 0 Å². The van der Waals surface area contributed by atoms with E-state index in [9.17, 15) is 0 Å². The summed E-state index contributed by atoms with van der Waals surface area (Å²) in [6, 6.07) is 0. The summed E-state index contributed by atoms with van der Waals surface area (Å²) in [5.41, 5.74) is 1.25. The standard InChI is InChI=1S/C19H40N2/c1-3-5-7-9-11-13-15-17-19(21-20)18-16-14-12-10-8-6-4-2/h3-18,20H2,1-2H3. The Hall–Kier alpha value is -0.530. The Labute approximate surface area is 134 Å². The van der Waals surface area contributed by atoms with Crippen LogP contribution < -0.4 is 5.84 Å². The number of hydrazone groups is 1. The van der Waals surface area contributed by atoms with Gasteiger partial charge in [0.25, 0.3) is 0 Å². The molecule has 0 aromatic rings. The highest BCUT2D eigenvalue weighted by Crippen LogP contribution is 2.12. The van der Waals surface area contributed by atoms with Gasteiger partial charge in [0.15, 0.2) is 0 Å². The molecule has 0 amide bonds. The van der Waals surface area contributed by atoms with Crippen molar-refractivity contribution in [2.24, 2.45) is 10.9 Å². The SMILES string of the molecule is CCCCCCCCCC(CCCCCCCCC)=NN. The van der Waals surface area contributed by atoms with E-state index in [1.807, 2.05) is 0 Å². The first kappa shape index (κ1) is 20.5. The fourth-order valence-electron chi connectivity index (χ4n) is 2.83. The van der Waals surface area contributed by atoms with Crippen LogP contribution in [0.3, 0.4) is 0 Å². The number of nitrogens with two attached hydrogens (primary N) is 1. The first-order valence-electron chi connectivity index (χ1n) is 9.60. The molecule has 2 nitrogen and oxygen atoms in total. The van der Waals surface area contributed by atoms with Crippen LogP contribution in [-0.4, -0.2) is 5.71 Å². The van der Waals surface area contributed by atoms with Gasteiger partial charge in [0, 0.05) is 5.71 Å². The molecule has 126 valence electrons. The summed E-state index contributed by atoms with van der Waals surface area (Å²) in [6.07, 6.45) is 21.4. The number of hydrogen-bond acceptors (Lipinski definition) is 2. The Morgan fingerprint density at radius 3 is 1.24 bits per heavy atom. The molecule has 21 heavy (non-hydrogen) atoms. The molecule has 0 spiro atoms. The number of unbranched alkanes of at least 4 members (excludes halogenated alkanes) is 12. The highest BCUT2D eigenvalue weighted by molar-refractivity contribution is 5.84. The predicted molar refractivity (Wildman–Crippen MR) is 96.8 cm³/mol. The fraction of sp³-hybridized carbons (Fsp3) is 0.947. The van der Waals surface area contributed by atoms with Gasteiger partial charge in [-0.3, -0.25) is 0 Å². The summed E-state index contributed by atoms with van der Waals surface area (Å²) in [7, 11) is 0. The summed E-state index contributed by atoms with van der Waals surface area (Å²) in [4.78, 5) is 0. The van der Waals surface area contributed by atoms with Crippen LogP contribution >= 0.6 is 0 Å². The Bertz CT molecular complexity index is 204. The van der Waals surface area contributed by atoms with Crippen LogP contribution in [0.15, 0.2) is 5.10 Å². The molecule has 0 unspecified atom stereocenters. The van der Waals surface area contributed by atoms with Crippen LogP contribution in [0.25, 0.3) is 0 Å². The lowest BCUT2D eigenvalue weighted by atomic mass is 10.0. The van der Waals surface area contributed by atoms with E-state index in [-0.39, 0.29) is 0 Å². The largest absolute Gasteiger partial charge is 0.323 e. The Morgan fingerprint density at radius 1 is 0.571 bits per heavy atom. The molecule has 0 aliphatic heterocycles. The summed E-state index contributed by atoms with van der Waals surface area (Å²) in [6.45, 7) is 4.54. The van der Waals surface area contributed by atoms with Gasteiger partial charge in [0.1, 0.15) is 0 Å². The lowest BCUT2D eigenvalue weighted by Gasteiger charge is -2.06. The van der Waals surface area contributed by atoms with Crippen molar-refractivity contribution >= 4 is 5.71 Å². The average molecular weight is 297 g/mol. The van der Waals surface area contributed by atoms with Gasteiger partial charge < -0.3 is 5.84 Å². The average Bonchev–Trinajstić information content (AvgIpc) is 2.51. The number of rotatable bonds is 16. The lowest BCUT2D eigenvalue weighted by Crippen LogP contribution is -2.02. The van der Waals surface area contributed by atoms with E-state index in [0.29, 0.717) is 0 Å². The maximum Gasteiger partial charge on any atom is 0.0375 e. The number of nitrogens with zero attached hydrogens (tertiary/aromatic N) is 1. The maximum atomic E-state index is 5.52. The maximum absolute atomic E-state index is 5.52. The summed E-state index contributed by atoms with van der Waals surface area (Å²) >= 11 is 0. The second-order valence-corrected chi connectivity index (χ2v) is 6.44. The van der Waals surface area contributed by atoms with Crippen molar-refractivity contribution < 1.29 is 0 Å². The van der Waals surface area contributed by atoms with E-state index in [2.05, 4.69) is 18.9 Å². The van der Waals surface area contributed by atoms with E-state index < -0.39 is 0 Å². The van der Waals surface area contributed by atoms with Gasteiger partial charge >= 0.3 is 0 Å². The smallest absolute Gasteiger partial charge is 0.0375 e. The molecule has 0 rings (SSSR count). The first-order chi connectivity index (χ1) is 10.3. The van der Waals surface area contributed by atoms with Crippen LogP contribution in [0.1, 0.15) is 117 Å². The molecule has 0 saturated carbocycles. The zero-order valence-corrected chi connectivity index (χ0v) is 14.8. The molecule has 0 heterocycles. The third-order valence-corrected chi connectivity index (χ3v) is 4.32. The molecule has 2 heteroatoms. The highest BCUT2D eigenvalue weighted by Gasteiger charge is 2.00. The Morgan fingerprint density at radius 2 is 0.905 bits per heavy atom. The molecule has 0 radical (unpaired) electrons. The molecule has 0 aliphatic carbocycles. The third kappa shape index (κ3) is 15.7. The van der Waals surface area contributed by atoms with Crippen molar-refractivity contribution in [3.05, 3.63) is 0 Å². The Balaban J connectivity index is 3.34. The minimum absolute atomic E-state index is 1.13. The molecular weight excluding hydrogens is 256 g/mol. The lowest BCUT2D eigenvalue weighted by molar-refractivity contribution is 0.586. The van der Waals surface area contributed by atoms with Crippen molar-refractivity contribution in [3.8, 4) is 0 Å². The molecular formula is C19H40N2. The molecule has 0 aromatic heterocycles. The van der Waals surface area contributed by atoms with Gasteiger partial charge in [-0.2, -0.15) is 5.10 Å². The van der Waals surface area contributed by atoms with E-state index >= 15 is 0 Å². The first-order valence-corrected chi connectivity index (χ1v) is 9.60. The van der Waals surface area contributed by atoms with E-state index in [1.165, 1.54) is 95.6 Å². The fourth-order valence-corrected chi connectivity index (χ4v) is 2.83. The second-order valence-electron chi connectivity index (χ2n) is 6.44. The quantitative estimate of drug-likeness (QED) is 0.148. The van der Waals surface area contributed by atoms with Crippen molar-refractivity contribution in [1.29, 1.82) is 0 Å². The van der Waals surface area contributed by atoms with Crippen LogP contribution in [0.5, 0.6) is 0 Å².